The van der Waals surface area contributed by atoms with Crippen LogP contribution in [0.3, 0.4) is 0 Å². The molecule has 0 bridgehead atoms. The fourth-order valence-electron chi connectivity index (χ4n) is 2.48. The van der Waals surface area contributed by atoms with Crippen LogP contribution in [-0.2, 0) is 9.53 Å². The molecule has 0 aliphatic carbocycles. The summed E-state index contributed by atoms with van der Waals surface area (Å²) < 4.78 is 5.72. The van der Waals surface area contributed by atoms with Gasteiger partial charge in [-0.3, -0.25) is 4.79 Å². The van der Waals surface area contributed by atoms with Crippen LogP contribution in [0, 0.1) is 0 Å². The minimum Gasteiger partial charge on any atom is -0.486 e. The molecule has 108 valence electrons. The molecule has 0 aromatic heterocycles. The van der Waals surface area contributed by atoms with Crippen molar-refractivity contribution in [3.8, 4) is 0 Å². The van der Waals surface area contributed by atoms with Crippen molar-refractivity contribution in [2.24, 2.45) is 0 Å². The summed E-state index contributed by atoms with van der Waals surface area (Å²) in [5.41, 5.74) is 0.907. The summed E-state index contributed by atoms with van der Waals surface area (Å²) in [6, 6.07) is 9.72. The molecule has 1 atom stereocenters. The summed E-state index contributed by atoms with van der Waals surface area (Å²) >= 11 is 0. The van der Waals surface area contributed by atoms with Gasteiger partial charge in [0.05, 0.1) is 11.8 Å². The molecule has 3 heteroatoms. The molecule has 1 unspecified atom stereocenters. The highest BCUT2D eigenvalue weighted by molar-refractivity contribution is 6.25. The molecule has 0 saturated heterocycles. The van der Waals surface area contributed by atoms with Gasteiger partial charge in [0, 0.05) is 13.0 Å². The van der Waals surface area contributed by atoms with E-state index < -0.39 is 5.60 Å². The Morgan fingerprint density at radius 2 is 1.80 bits per heavy atom. The van der Waals surface area contributed by atoms with Crippen molar-refractivity contribution < 1.29 is 9.53 Å². The second kappa shape index (κ2) is 6.23. The zero-order valence-corrected chi connectivity index (χ0v) is 12.6. The summed E-state index contributed by atoms with van der Waals surface area (Å²) in [6.45, 7) is 9.05. The van der Waals surface area contributed by atoms with Crippen LogP contribution in [0.5, 0.6) is 0 Å². The van der Waals surface area contributed by atoms with E-state index >= 15 is 0 Å². The Labute approximate surface area is 121 Å². The Hall–Kier alpha value is -1.61. The number of ketones is 1. The lowest BCUT2D eigenvalue weighted by atomic mass is 9.90. The highest BCUT2D eigenvalue weighted by Gasteiger charge is 2.41. The van der Waals surface area contributed by atoms with Gasteiger partial charge in [-0.05, 0) is 25.6 Å². The van der Waals surface area contributed by atoms with Crippen LogP contribution in [0.15, 0.2) is 36.6 Å². The molecule has 0 saturated carbocycles. The van der Waals surface area contributed by atoms with Crippen LogP contribution in [0.4, 0.5) is 0 Å². The van der Waals surface area contributed by atoms with E-state index in [4.69, 9.17) is 4.74 Å². The minimum atomic E-state index is -0.715. The lowest BCUT2D eigenvalue weighted by Gasteiger charge is -2.26. The van der Waals surface area contributed by atoms with Crippen molar-refractivity contribution in [2.75, 3.05) is 19.6 Å². The molecule has 3 nitrogen and oxygen atoms in total. The lowest BCUT2D eigenvalue weighted by molar-refractivity contribution is -0.128. The molecule has 0 radical (unpaired) electrons. The van der Waals surface area contributed by atoms with E-state index in [-0.39, 0.29) is 5.78 Å². The number of carbonyl (C=O) groups excluding carboxylic acids is 1. The largest absolute Gasteiger partial charge is 0.486 e. The van der Waals surface area contributed by atoms with Gasteiger partial charge in [0.25, 0.3) is 0 Å². The number of benzene rings is 1. The Balaban J connectivity index is 2.05. The molecule has 0 N–H and O–H groups in total. The van der Waals surface area contributed by atoms with Crippen LogP contribution >= 0.6 is 0 Å². The monoisotopic (exact) mass is 273 g/mol. The van der Waals surface area contributed by atoms with Gasteiger partial charge in [0.15, 0.2) is 5.60 Å². The van der Waals surface area contributed by atoms with Gasteiger partial charge in [0.2, 0.25) is 5.78 Å². The maximum absolute atomic E-state index is 12.6. The highest BCUT2D eigenvalue weighted by Crippen LogP contribution is 2.33. The second-order valence-electron chi connectivity index (χ2n) is 5.35. The zero-order chi connectivity index (χ0) is 14.6. The van der Waals surface area contributed by atoms with Gasteiger partial charge >= 0.3 is 0 Å². The maximum Gasteiger partial charge on any atom is 0.209 e. The Bertz CT molecular complexity index is 491. The van der Waals surface area contributed by atoms with Gasteiger partial charge < -0.3 is 9.64 Å². The number of ether oxygens (including phenoxy) is 1. The number of hydrogen-bond donors (Lipinski definition) is 0. The SMILES string of the molecule is CCN(CC)CCC1(C)OC=C(c2ccccc2)C1=O. The van der Waals surface area contributed by atoms with Crippen LogP contribution < -0.4 is 0 Å². The number of rotatable bonds is 6. The van der Waals surface area contributed by atoms with Gasteiger partial charge in [-0.1, -0.05) is 44.2 Å². The molecule has 1 aliphatic rings. The first-order valence-electron chi connectivity index (χ1n) is 7.31. The first-order chi connectivity index (χ1) is 9.60. The maximum atomic E-state index is 12.6. The molecule has 20 heavy (non-hydrogen) atoms. The Morgan fingerprint density at radius 3 is 2.40 bits per heavy atom. The summed E-state index contributed by atoms with van der Waals surface area (Å²) in [6.07, 6.45) is 2.35. The van der Waals surface area contributed by atoms with Gasteiger partial charge in [-0.25, -0.2) is 0 Å². The molecule has 0 amide bonds. The topological polar surface area (TPSA) is 29.5 Å². The Kier molecular flexibility index (Phi) is 4.61. The van der Waals surface area contributed by atoms with Crippen LogP contribution in [0.25, 0.3) is 5.57 Å². The van der Waals surface area contributed by atoms with E-state index in [1.54, 1.807) is 6.26 Å². The van der Waals surface area contributed by atoms with Crippen molar-refractivity contribution in [2.45, 2.75) is 32.8 Å². The fourth-order valence-corrected chi connectivity index (χ4v) is 2.48. The molecule has 0 fully saturated rings. The third-order valence-electron chi connectivity index (χ3n) is 4.05. The van der Waals surface area contributed by atoms with E-state index in [2.05, 4.69) is 18.7 Å². The number of Topliss-reactive ketones (excluding diaryl/α,β-unsaturated/α-hetero) is 1. The summed E-state index contributed by atoms with van der Waals surface area (Å²) in [7, 11) is 0. The standard InChI is InChI=1S/C17H23NO2/c1-4-18(5-2)12-11-17(3)16(19)15(13-20-17)14-9-7-6-8-10-14/h6-10,13H,4-5,11-12H2,1-3H3. The van der Waals surface area contributed by atoms with Gasteiger partial charge in [0.1, 0.15) is 0 Å². The first kappa shape index (κ1) is 14.8. The first-order valence-corrected chi connectivity index (χ1v) is 7.31. The summed E-state index contributed by atoms with van der Waals surface area (Å²) in [5, 5.41) is 0. The molecule has 1 aliphatic heterocycles. The van der Waals surface area contributed by atoms with Crippen LogP contribution in [0.2, 0.25) is 0 Å². The fraction of sp³-hybridized carbons (Fsp3) is 0.471. The molecule has 1 aromatic carbocycles. The van der Waals surface area contributed by atoms with Crippen molar-refractivity contribution >= 4 is 11.4 Å². The molecular formula is C17H23NO2. The predicted octanol–water partition coefficient (Wildman–Crippen LogP) is 3.12. The average Bonchev–Trinajstić information content (AvgIpc) is 2.78. The van der Waals surface area contributed by atoms with E-state index in [0.717, 1.165) is 31.6 Å². The minimum absolute atomic E-state index is 0.0934. The average molecular weight is 273 g/mol. The normalized spacial score (nSPS) is 22.0. The third kappa shape index (κ3) is 2.93. The zero-order valence-electron chi connectivity index (χ0n) is 12.6. The van der Waals surface area contributed by atoms with Crippen molar-refractivity contribution in [3.63, 3.8) is 0 Å². The van der Waals surface area contributed by atoms with E-state index in [1.165, 1.54) is 0 Å². The highest BCUT2D eigenvalue weighted by atomic mass is 16.5. The van der Waals surface area contributed by atoms with Crippen molar-refractivity contribution in [3.05, 3.63) is 42.2 Å². The smallest absolute Gasteiger partial charge is 0.209 e. The summed E-state index contributed by atoms with van der Waals surface area (Å²) in [5.74, 6) is 0.0934. The molecule has 1 aromatic rings. The summed E-state index contributed by atoms with van der Waals surface area (Å²) in [4.78, 5) is 14.9. The molecule has 1 heterocycles. The van der Waals surface area contributed by atoms with E-state index in [9.17, 15) is 4.79 Å². The Morgan fingerprint density at radius 1 is 1.15 bits per heavy atom. The number of nitrogens with zero attached hydrogens (tertiary/aromatic N) is 1. The van der Waals surface area contributed by atoms with Crippen molar-refractivity contribution in [1.29, 1.82) is 0 Å². The quantitative estimate of drug-likeness (QED) is 0.797. The van der Waals surface area contributed by atoms with E-state index in [0.29, 0.717) is 5.57 Å². The third-order valence-corrected chi connectivity index (χ3v) is 4.05. The predicted molar refractivity (Wildman–Crippen MR) is 81.3 cm³/mol. The molecule has 2 rings (SSSR count). The molecule has 0 spiro atoms. The number of carbonyl (C=O) groups is 1. The van der Waals surface area contributed by atoms with Crippen LogP contribution in [-0.4, -0.2) is 35.9 Å². The second-order valence-corrected chi connectivity index (χ2v) is 5.35. The van der Waals surface area contributed by atoms with Gasteiger partial charge in [-0.2, -0.15) is 0 Å². The van der Waals surface area contributed by atoms with Crippen molar-refractivity contribution in [1.82, 2.24) is 4.90 Å². The van der Waals surface area contributed by atoms with Crippen LogP contribution in [0.1, 0.15) is 32.8 Å². The van der Waals surface area contributed by atoms with E-state index in [1.807, 2.05) is 37.3 Å². The lowest BCUT2D eigenvalue weighted by Crippen LogP contribution is -2.38. The number of hydrogen-bond acceptors (Lipinski definition) is 3. The van der Waals surface area contributed by atoms with Gasteiger partial charge in [-0.15, -0.1) is 0 Å². The molecular weight excluding hydrogens is 250 g/mol.